The number of methoxy groups -OCH3 is 1. The predicted octanol–water partition coefficient (Wildman–Crippen LogP) is 2.37. The first-order valence-electron chi connectivity index (χ1n) is 8.57. The highest BCUT2D eigenvalue weighted by Gasteiger charge is 2.27. The number of likely N-dealkylation sites (tertiary alicyclic amines) is 1. The third-order valence-corrected chi connectivity index (χ3v) is 4.35. The highest BCUT2D eigenvalue weighted by atomic mass is 127. The number of rotatable bonds is 5. The van der Waals surface area contributed by atoms with Crippen LogP contribution in [0.1, 0.15) is 25.3 Å². The summed E-state index contributed by atoms with van der Waals surface area (Å²) in [6.07, 6.45) is 1.51. The molecule has 0 aromatic heterocycles. The van der Waals surface area contributed by atoms with Crippen molar-refractivity contribution in [3.63, 3.8) is 0 Å². The molecule has 0 bridgehead atoms. The van der Waals surface area contributed by atoms with Gasteiger partial charge in [-0.25, -0.2) is 0 Å². The molecule has 0 aliphatic carbocycles. The second-order valence-corrected chi connectivity index (χ2v) is 5.91. The van der Waals surface area contributed by atoms with Crippen LogP contribution in [0.25, 0.3) is 0 Å². The molecule has 26 heavy (non-hydrogen) atoms. The Morgan fingerprint density at radius 2 is 2.08 bits per heavy atom. The Bertz CT molecular complexity index is 616. The zero-order valence-corrected chi connectivity index (χ0v) is 17.9. The maximum atomic E-state index is 11.8. The summed E-state index contributed by atoms with van der Waals surface area (Å²) in [5, 5.41) is 13.2. The lowest BCUT2D eigenvalue weighted by molar-refractivity contribution is -0.149. The first-order chi connectivity index (χ1) is 12.1. The summed E-state index contributed by atoms with van der Waals surface area (Å²) in [7, 11) is 3.32. The monoisotopic (exact) mass is 477 g/mol. The number of nitrogens with zero attached hydrogens (tertiary/aromatic N) is 2. The lowest BCUT2D eigenvalue weighted by Crippen LogP contribution is -2.46. The molecule has 1 aliphatic heterocycles. The van der Waals surface area contributed by atoms with E-state index in [1.807, 2.05) is 6.92 Å². The fraction of sp³-hybridized carbons (Fsp3) is 0.556. The van der Waals surface area contributed by atoms with Gasteiger partial charge in [0.15, 0.2) is 5.96 Å². The summed E-state index contributed by atoms with van der Waals surface area (Å²) < 4.78 is 10.3. The van der Waals surface area contributed by atoms with Gasteiger partial charge in [0.1, 0.15) is 11.5 Å². The highest BCUT2D eigenvalue weighted by molar-refractivity contribution is 14.0. The number of carbonyl (C=O) groups excluding carboxylic acids is 1. The Balaban J connectivity index is 0.00000338. The van der Waals surface area contributed by atoms with Crippen molar-refractivity contribution in [2.24, 2.45) is 10.9 Å². The molecule has 0 saturated carbocycles. The summed E-state index contributed by atoms with van der Waals surface area (Å²) in [6.45, 7) is 4.17. The number of hydrogen-bond acceptors (Lipinski definition) is 5. The van der Waals surface area contributed by atoms with Crippen LogP contribution in [0, 0.1) is 5.92 Å². The van der Waals surface area contributed by atoms with Crippen LogP contribution in [-0.4, -0.2) is 55.8 Å². The minimum atomic E-state index is -0.105. The number of phenolic OH excluding ortho intramolecular Hbond substituents is 1. The van der Waals surface area contributed by atoms with Gasteiger partial charge in [0.05, 0.1) is 19.6 Å². The fourth-order valence-electron chi connectivity index (χ4n) is 2.92. The Hall–Kier alpha value is -1.71. The predicted molar refractivity (Wildman–Crippen MR) is 111 cm³/mol. The molecule has 8 heteroatoms. The van der Waals surface area contributed by atoms with Gasteiger partial charge in [-0.3, -0.25) is 9.79 Å². The molecule has 1 aliphatic rings. The van der Waals surface area contributed by atoms with E-state index >= 15 is 0 Å². The third kappa shape index (κ3) is 5.93. The molecule has 1 fully saturated rings. The summed E-state index contributed by atoms with van der Waals surface area (Å²) >= 11 is 0. The van der Waals surface area contributed by atoms with E-state index in [4.69, 9.17) is 9.47 Å². The summed E-state index contributed by atoms with van der Waals surface area (Å²) in [4.78, 5) is 18.3. The Morgan fingerprint density at radius 3 is 2.65 bits per heavy atom. The van der Waals surface area contributed by atoms with Crippen LogP contribution in [0.3, 0.4) is 0 Å². The maximum absolute atomic E-state index is 11.8. The number of aliphatic imine (C=N–C) groups is 1. The van der Waals surface area contributed by atoms with Gasteiger partial charge in [-0.05, 0) is 38.0 Å². The Kier molecular flexibility index (Phi) is 9.53. The number of nitrogens with one attached hydrogen (secondary N) is 1. The average molecular weight is 477 g/mol. The van der Waals surface area contributed by atoms with Gasteiger partial charge < -0.3 is 24.8 Å². The van der Waals surface area contributed by atoms with E-state index in [0.29, 0.717) is 18.9 Å². The molecule has 1 heterocycles. The second kappa shape index (κ2) is 11.1. The summed E-state index contributed by atoms with van der Waals surface area (Å²) in [5.74, 6) is 1.53. The fourth-order valence-corrected chi connectivity index (χ4v) is 2.92. The largest absolute Gasteiger partial charge is 0.508 e. The smallest absolute Gasteiger partial charge is 0.309 e. The van der Waals surface area contributed by atoms with Crippen molar-refractivity contribution in [2.75, 3.05) is 33.9 Å². The third-order valence-electron chi connectivity index (χ3n) is 4.35. The molecule has 2 rings (SSSR count). The molecule has 0 spiro atoms. The zero-order chi connectivity index (χ0) is 18.2. The number of phenols is 1. The number of ether oxygens (including phenoxy) is 2. The number of carbonyl (C=O) groups is 1. The van der Waals surface area contributed by atoms with Crippen LogP contribution >= 0.6 is 24.0 Å². The molecule has 0 unspecified atom stereocenters. The number of esters is 1. The summed E-state index contributed by atoms with van der Waals surface area (Å²) in [6, 6.07) is 5.12. The van der Waals surface area contributed by atoms with E-state index in [1.54, 1.807) is 32.4 Å². The van der Waals surface area contributed by atoms with Crippen molar-refractivity contribution in [1.82, 2.24) is 10.2 Å². The molecule has 1 aromatic rings. The van der Waals surface area contributed by atoms with Crippen LogP contribution in [0.15, 0.2) is 23.2 Å². The van der Waals surface area contributed by atoms with Gasteiger partial charge in [0.2, 0.25) is 0 Å². The zero-order valence-electron chi connectivity index (χ0n) is 15.5. The molecule has 7 nitrogen and oxygen atoms in total. The topological polar surface area (TPSA) is 83.4 Å². The van der Waals surface area contributed by atoms with Crippen molar-refractivity contribution < 1.29 is 19.4 Å². The average Bonchev–Trinajstić information content (AvgIpc) is 2.64. The number of halogens is 1. The number of piperidine rings is 1. The molecule has 0 amide bonds. The first kappa shape index (κ1) is 22.3. The van der Waals surface area contributed by atoms with E-state index in [2.05, 4.69) is 15.2 Å². The van der Waals surface area contributed by atoms with Crippen LogP contribution in [-0.2, 0) is 16.1 Å². The molecule has 2 N–H and O–H groups in total. The van der Waals surface area contributed by atoms with Gasteiger partial charge in [-0.15, -0.1) is 24.0 Å². The number of benzene rings is 1. The second-order valence-electron chi connectivity index (χ2n) is 5.91. The molecule has 1 saturated heterocycles. The minimum absolute atomic E-state index is 0. The minimum Gasteiger partial charge on any atom is -0.508 e. The van der Waals surface area contributed by atoms with Crippen molar-refractivity contribution in [1.29, 1.82) is 0 Å². The van der Waals surface area contributed by atoms with Crippen molar-refractivity contribution >= 4 is 35.9 Å². The lowest BCUT2D eigenvalue weighted by atomic mass is 9.97. The normalized spacial score (nSPS) is 15.2. The number of guanidine groups is 1. The number of aromatic hydroxyl groups is 1. The Labute approximate surface area is 171 Å². The molecular weight excluding hydrogens is 449 g/mol. The van der Waals surface area contributed by atoms with Crippen LogP contribution < -0.4 is 10.1 Å². The van der Waals surface area contributed by atoms with E-state index < -0.39 is 0 Å². The highest BCUT2D eigenvalue weighted by Crippen LogP contribution is 2.23. The number of hydrogen-bond donors (Lipinski definition) is 2. The quantitative estimate of drug-likeness (QED) is 0.293. The molecular formula is C18H28IN3O4. The molecule has 0 radical (unpaired) electrons. The van der Waals surface area contributed by atoms with E-state index in [0.717, 1.165) is 37.5 Å². The van der Waals surface area contributed by atoms with E-state index in [1.165, 1.54) is 0 Å². The SMILES string of the molecule is CCOC(=O)C1CCN(C(=NC)NCc2cc(OC)ccc2O)CC1.I. The van der Waals surface area contributed by atoms with Crippen molar-refractivity contribution in [3.8, 4) is 11.5 Å². The van der Waals surface area contributed by atoms with E-state index in [9.17, 15) is 9.90 Å². The van der Waals surface area contributed by atoms with Crippen LogP contribution in [0.5, 0.6) is 11.5 Å². The van der Waals surface area contributed by atoms with Crippen molar-refractivity contribution in [2.45, 2.75) is 26.3 Å². The molecule has 1 aromatic carbocycles. The standard InChI is InChI=1S/C18H27N3O4.HI/c1-4-25-17(23)13-7-9-21(10-8-13)18(19-2)20-12-14-11-15(24-3)5-6-16(14)22;/h5-6,11,13,22H,4,7-10,12H2,1-3H3,(H,19,20);1H. The van der Waals surface area contributed by atoms with Gasteiger partial charge in [0, 0.05) is 32.2 Å². The molecule has 146 valence electrons. The lowest BCUT2D eigenvalue weighted by Gasteiger charge is -2.33. The van der Waals surface area contributed by atoms with Gasteiger partial charge in [0.25, 0.3) is 0 Å². The summed E-state index contributed by atoms with van der Waals surface area (Å²) in [5.41, 5.74) is 0.738. The van der Waals surface area contributed by atoms with Crippen molar-refractivity contribution in [3.05, 3.63) is 23.8 Å². The van der Waals surface area contributed by atoms with Gasteiger partial charge in [-0.2, -0.15) is 0 Å². The Morgan fingerprint density at radius 1 is 1.38 bits per heavy atom. The van der Waals surface area contributed by atoms with Crippen LogP contribution in [0.2, 0.25) is 0 Å². The maximum Gasteiger partial charge on any atom is 0.309 e. The first-order valence-corrected chi connectivity index (χ1v) is 8.57. The van der Waals surface area contributed by atoms with E-state index in [-0.39, 0.29) is 41.6 Å². The van der Waals surface area contributed by atoms with Gasteiger partial charge >= 0.3 is 5.97 Å². The van der Waals surface area contributed by atoms with Crippen LogP contribution in [0.4, 0.5) is 0 Å². The van der Waals surface area contributed by atoms with Gasteiger partial charge in [-0.1, -0.05) is 0 Å². The molecule has 0 atom stereocenters.